The van der Waals surface area contributed by atoms with Crippen LogP contribution in [0.4, 0.5) is 0 Å². The van der Waals surface area contributed by atoms with E-state index in [1.54, 1.807) is 0 Å². The Morgan fingerprint density at radius 2 is 2.00 bits per heavy atom. The van der Waals surface area contributed by atoms with E-state index in [-0.39, 0.29) is 0 Å². The van der Waals surface area contributed by atoms with E-state index in [0.29, 0.717) is 6.04 Å². The molecule has 59 valence electrons. The smallest absolute Gasteiger partial charge is 0.0192 e. The minimum Gasteiger partial charge on any atom is -0.310 e. The number of nitrogens with one attached hydrogen (secondary N) is 1. The summed E-state index contributed by atoms with van der Waals surface area (Å²) in [7, 11) is 0. The highest BCUT2D eigenvalue weighted by Crippen LogP contribution is 2.27. The highest BCUT2D eigenvalue weighted by Gasteiger charge is 2.20. The molecule has 1 aliphatic carbocycles. The van der Waals surface area contributed by atoms with Gasteiger partial charge in [-0.3, -0.25) is 0 Å². The van der Waals surface area contributed by atoms with Crippen LogP contribution < -0.4 is 5.32 Å². The van der Waals surface area contributed by atoms with E-state index < -0.39 is 0 Å². The van der Waals surface area contributed by atoms with Gasteiger partial charge < -0.3 is 5.32 Å². The molecule has 1 saturated carbocycles. The van der Waals surface area contributed by atoms with Gasteiger partial charge in [-0.15, -0.1) is 0 Å². The number of hydrogen-bond donors (Lipinski definition) is 1. The predicted octanol–water partition coefficient (Wildman–Crippen LogP) is 2.34. The second-order valence-corrected chi connectivity index (χ2v) is 3.29. The van der Waals surface area contributed by atoms with Crippen LogP contribution in [0.3, 0.4) is 0 Å². The lowest BCUT2D eigenvalue weighted by atomic mass is 10.00. The van der Waals surface area contributed by atoms with E-state index in [1.165, 1.54) is 25.7 Å². The van der Waals surface area contributed by atoms with Crippen molar-refractivity contribution in [3.05, 3.63) is 6.54 Å². The molecule has 0 aromatic rings. The average molecular weight is 140 g/mol. The summed E-state index contributed by atoms with van der Waals surface area (Å²) in [6.45, 7) is 6.41. The SMILES string of the molecule is C[CH]NC(C)C1CCCC1. The summed E-state index contributed by atoms with van der Waals surface area (Å²) in [5, 5.41) is 3.36. The Labute approximate surface area is 64.2 Å². The van der Waals surface area contributed by atoms with Gasteiger partial charge in [0.25, 0.3) is 0 Å². The zero-order chi connectivity index (χ0) is 7.40. The van der Waals surface area contributed by atoms with E-state index in [9.17, 15) is 0 Å². The lowest BCUT2D eigenvalue weighted by Crippen LogP contribution is -2.29. The van der Waals surface area contributed by atoms with Gasteiger partial charge in [0.05, 0.1) is 0 Å². The van der Waals surface area contributed by atoms with Crippen molar-refractivity contribution in [2.24, 2.45) is 5.92 Å². The summed E-state index contributed by atoms with van der Waals surface area (Å²) in [6.07, 6.45) is 5.75. The maximum atomic E-state index is 3.36. The Morgan fingerprint density at radius 1 is 1.40 bits per heavy atom. The van der Waals surface area contributed by atoms with Crippen molar-refractivity contribution in [3.63, 3.8) is 0 Å². The van der Waals surface area contributed by atoms with Gasteiger partial charge in [-0.05, 0) is 32.6 Å². The summed E-state index contributed by atoms with van der Waals surface area (Å²) in [5.41, 5.74) is 0. The molecular weight excluding hydrogens is 122 g/mol. The topological polar surface area (TPSA) is 12.0 Å². The van der Waals surface area contributed by atoms with E-state index in [4.69, 9.17) is 0 Å². The largest absolute Gasteiger partial charge is 0.310 e. The van der Waals surface area contributed by atoms with E-state index >= 15 is 0 Å². The molecule has 1 fully saturated rings. The van der Waals surface area contributed by atoms with Crippen molar-refractivity contribution in [2.45, 2.75) is 45.6 Å². The van der Waals surface area contributed by atoms with Crippen molar-refractivity contribution < 1.29 is 0 Å². The monoisotopic (exact) mass is 140 g/mol. The average Bonchev–Trinajstić information content (AvgIpc) is 2.38. The van der Waals surface area contributed by atoms with E-state index in [2.05, 4.69) is 25.7 Å². The predicted molar refractivity (Wildman–Crippen MR) is 44.5 cm³/mol. The maximum absolute atomic E-state index is 3.36. The molecule has 0 spiro atoms. The number of rotatable bonds is 3. The molecule has 0 saturated heterocycles. The van der Waals surface area contributed by atoms with E-state index in [0.717, 1.165) is 5.92 Å². The molecule has 0 aliphatic heterocycles. The van der Waals surface area contributed by atoms with Crippen LogP contribution in [0.1, 0.15) is 39.5 Å². The summed E-state index contributed by atoms with van der Waals surface area (Å²) in [6, 6.07) is 0.701. The molecule has 1 rings (SSSR count). The van der Waals surface area contributed by atoms with Crippen LogP contribution in [0.2, 0.25) is 0 Å². The van der Waals surface area contributed by atoms with E-state index in [1.807, 2.05) is 0 Å². The molecule has 1 heteroatoms. The minimum atomic E-state index is 0.701. The molecule has 1 atom stereocenters. The van der Waals surface area contributed by atoms with Crippen LogP contribution in [0.5, 0.6) is 0 Å². The zero-order valence-corrected chi connectivity index (χ0v) is 7.06. The molecule has 1 radical (unpaired) electrons. The lowest BCUT2D eigenvalue weighted by Gasteiger charge is -2.18. The first-order valence-corrected chi connectivity index (χ1v) is 4.38. The molecule has 0 bridgehead atoms. The summed E-state index contributed by atoms with van der Waals surface area (Å²) in [4.78, 5) is 0. The molecular formula is C9H18N. The van der Waals surface area contributed by atoms with Crippen LogP contribution >= 0.6 is 0 Å². The zero-order valence-electron chi connectivity index (χ0n) is 7.06. The standard InChI is InChI=1S/C9H18N/c1-3-10-8(2)9-6-4-5-7-9/h3,8-10H,4-7H2,1-2H3. The Kier molecular flexibility index (Phi) is 3.20. The molecule has 0 aromatic heterocycles. The second kappa shape index (κ2) is 3.97. The fourth-order valence-electron chi connectivity index (χ4n) is 1.86. The van der Waals surface area contributed by atoms with Gasteiger partial charge in [0, 0.05) is 12.6 Å². The van der Waals surface area contributed by atoms with Crippen LogP contribution in [0.15, 0.2) is 0 Å². The second-order valence-electron chi connectivity index (χ2n) is 3.29. The summed E-state index contributed by atoms with van der Waals surface area (Å²) < 4.78 is 0. The highest BCUT2D eigenvalue weighted by molar-refractivity contribution is 4.78. The Balaban J connectivity index is 2.18. The number of hydrogen-bond acceptors (Lipinski definition) is 1. The van der Waals surface area contributed by atoms with Crippen molar-refractivity contribution >= 4 is 0 Å². The third kappa shape index (κ3) is 1.98. The lowest BCUT2D eigenvalue weighted by molar-refractivity contribution is 0.405. The first-order valence-electron chi connectivity index (χ1n) is 4.38. The third-order valence-corrected chi connectivity index (χ3v) is 2.54. The summed E-state index contributed by atoms with van der Waals surface area (Å²) >= 11 is 0. The Bertz CT molecular complexity index is 84.7. The van der Waals surface area contributed by atoms with Gasteiger partial charge in [0.2, 0.25) is 0 Å². The van der Waals surface area contributed by atoms with Gasteiger partial charge in [-0.2, -0.15) is 0 Å². The van der Waals surface area contributed by atoms with Crippen molar-refractivity contribution in [2.75, 3.05) is 0 Å². The van der Waals surface area contributed by atoms with Gasteiger partial charge >= 0.3 is 0 Å². The first-order chi connectivity index (χ1) is 4.84. The fraction of sp³-hybridized carbons (Fsp3) is 0.889. The molecule has 10 heavy (non-hydrogen) atoms. The summed E-state index contributed by atoms with van der Waals surface area (Å²) in [5.74, 6) is 0.941. The molecule has 0 amide bonds. The molecule has 0 aromatic carbocycles. The fourth-order valence-corrected chi connectivity index (χ4v) is 1.86. The van der Waals surface area contributed by atoms with Crippen LogP contribution in [-0.4, -0.2) is 6.04 Å². The van der Waals surface area contributed by atoms with Gasteiger partial charge in [-0.1, -0.05) is 12.8 Å². The minimum absolute atomic E-state index is 0.701. The van der Waals surface area contributed by atoms with Crippen molar-refractivity contribution in [1.82, 2.24) is 5.32 Å². The molecule has 1 unspecified atom stereocenters. The highest BCUT2D eigenvalue weighted by atomic mass is 14.9. The van der Waals surface area contributed by atoms with Crippen molar-refractivity contribution in [1.29, 1.82) is 0 Å². The van der Waals surface area contributed by atoms with Crippen LogP contribution in [0, 0.1) is 12.5 Å². The normalized spacial score (nSPS) is 23.4. The first kappa shape index (κ1) is 8.06. The van der Waals surface area contributed by atoms with Crippen LogP contribution in [-0.2, 0) is 0 Å². The maximum Gasteiger partial charge on any atom is 0.0192 e. The molecule has 1 aliphatic rings. The Hall–Kier alpha value is -0.0400. The Morgan fingerprint density at radius 3 is 2.50 bits per heavy atom. The van der Waals surface area contributed by atoms with Gasteiger partial charge in [0.1, 0.15) is 0 Å². The van der Waals surface area contributed by atoms with Crippen LogP contribution in [0.25, 0.3) is 0 Å². The van der Waals surface area contributed by atoms with Gasteiger partial charge in [0.15, 0.2) is 0 Å². The third-order valence-electron chi connectivity index (χ3n) is 2.54. The van der Waals surface area contributed by atoms with Gasteiger partial charge in [-0.25, -0.2) is 0 Å². The van der Waals surface area contributed by atoms with Crippen molar-refractivity contribution in [3.8, 4) is 0 Å². The molecule has 0 heterocycles. The molecule has 1 N–H and O–H groups in total. The quantitative estimate of drug-likeness (QED) is 0.634. The molecule has 1 nitrogen and oxygen atoms in total.